The smallest absolute Gasteiger partial charge is 0.407 e. The number of ketones is 1. The number of hydrogen-bond donors (Lipinski definition) is 1. The Labute approximate surface area is 109 Å². The molecule has 1 aliphatic carbocycles. The summed E-state index contributed by atoms with van der Waals surface area (Å²) in [6.07, 6.45) is 3.84. The number of Topliss-reactive ketones (excluding diaryl/α,β-unsaturated/α-hetero) is 1. The molecule has 1 N–H and O–H groups in total. The van der Waals surface area contributed by atoms with E-state index in [1.807, 2.05) is 20.8 Å². The Hall–Kier alpha value is -1.32. The van der Waals surface area contributed by atoms with Crippen molar-refractivity contribution in [3.63, 3.8) is 0 Å². The van der Waals surface area contributed by atoms with Crippen LogP contribution in [-0.2, 0) is 9.53 Å². The van der Waals surface area contributed by atoms with Gasteiger partial charge in [-0.15, -0.1) is 6.58 Å². The van der Waals surface area contributed by atoms with Gasteiger partial charge in [-0.2, -0.15) is 0 Å². The Balaban J connectivity index is 2.21. The SMILES string of the molecule is C=CCCC(=O)C1CC(OC(=O)NC(C)(C)C)C1. The molecule has 4 heteroatoms. The average Bonchev–Trinajstić information content (AvgIpc) is 2.16. The van der Waals surface area contributed by atoms with Crippen LogP contribution in [0.4, 0.5) is 4.79 Å². The second kappa shape index (κ2) is 6.03. The van der Waals surface area contributed by atoms with E-state index in [9.17, 15) is 9.59 Å². The molecule has 0 aromatic carbocycles. The molecule has 1 aliphatic rings. The van der Waals surface area contributed by atoms with Gasteiger partial charge in [-0.05, 0) is 40.0 Å². The van der Waals surface area contributed by atoms with E-state index >= 15 is 0 Å². The fourth-order valence-corrected chi connectivity index (χ4v) is 1.86. The van der Waals surface area contributed by atoms with Crippen LogP contribution in [0.1, 0.15) is 46.5 Å². The molecule has 1 amide bonds. The van der Waals surface area contributed by atoms with E-state index in [0.717, 1.165) is 6.42 Å². The van der Waals surface area contributed by atoms with Crippen LogP contribution < -0.4 is 5.32 Å². The van der Waals surface area contributed by atoms with Gasteiger partial charge in [0.05, 0.1) is 0 Å². The second-order valence-electron chi connectivity index (χ2n) is 5.86. The van der Waals surface area contributed by atoms with Crippen molar-refractivity contribution in [3.05, 3.63) is 12.7 Å². The molecule has 0 unspecified atom stereocenters. The Morgan fingerprint density at radius 1 is 1.39 bits per heavy atom. The summed E-state index contributed by atoms with van der Waals surface area (Å²) in [5.41, 5.74) is -0.292. The van der Waals surface area contributed by atoms with Crippen molar-refractivity contribution >= 4 is 11.9 Å². The Bertz CT molecular complexity index is 324. The molecule has 0 radical (unpaired) electrons. The van der Waals surface area contributed by atoms with Gasteiger partial charge in [-0.25, -0.2) is 4.79 Å². The van der Waals surface area contributed by atoms with Crippen molar-refractivity contribution in [1.29, 1.82) is 0 Å². The molecule has 0 aliphatic heterocycles. The molecule has 0 spiro atoms. The molecule has 4 nitrogen and oxygen atoms in total. The second-order valence-corrected chi connectivity index (χ2v) is 5.86. The van der Waals surface area contributed by atoms with E-state index in [0.29, 0.717) is 19.3 Å². The fourth-order valence-electron chi connectivity index (χ4n) is 1.86. The van der Waals surface area contributed by atoms with Crippen molar-refractivity contribution in [3.8, 4) is 0 Å². The topological polar surface area (TPSA) is 55.4 Å². The maximum Gasteiger partial charge on any atom is 0.407 e. The maximum atomic E-state index is 11.6. The van der Waals surface area contributed by atoms with Crippen LogP contribution in [-0.4, -0.2) is 23.5 Å². The predicted molar refractivity (Wildman–Crippen MR) is 70.3 cm³/mol. The molecular formula is C14H23NO3. The van der Waals surface area contributed by atoms with Crippen molar-refractivity contribution in [2.24, 2.45) is 5.92 Å². The molecule has 0 aromatic heterocycles. The molecule has 0 saturated heterocycles. The van der Waals surface area contributed by atoms with Gasteiger partial charge in [0.2, 0.25) is 0 Å². The quantitative estimate of drug-likeness (QED) is 0.766. The number of allylic oxidation sites excluding steroid dienone is 1. The van der Waals surface area contributed by atoms with Crippen LogP contribution in [0, 0.1) is 5.92 Å². The van der Waals surface area contributed by atoms with Gasteiger partial charge < -0.3 is 10.1 Å². The zero-order chi connectivity index (χ0) is 13.8. The minimum Gasteiger partial charge on any atom is -0.446 e. The molecule has 102 valence electrons. The van der Waals surface area contributed by atoms with E-state index in [1.165, 1.54) is 0 Å². The summed E-state index contributed by atoms with van der Waals surface area (Å²) in [6.45, 7) is 9.29. The third kappa shape index (κ3) is 4.90. The van der Waals surface area contributed by atoms with E-state index < -0.39 is 6.09 Å². The van der Waals surface area contributed by atoms with Crippen LogP contribution in [0.15, 0.2) is 12.7 Å². The average molecular weight is 253 g/mol. The highest BCUT2D eigenvalue weighted by molar-refractivity contribution is 5.82. The van der Waals surface area contributed by atoms with Gasteiger partial charge in [0, 0.05) is 17.9 Å². The first-order valence-electron chi connectivity index (χ1n) is 6.44. The number of nitrogens with one attached hydrogen (secondary N) is 1. The van der Waals surface area contributed by atoms with Crippen molar-refractivity contribution in [2.45, 2.75) is 58.1 Å². The molecule has 0 bridgehead atoms. The van der Waals surface area contributed by atoms with Crippen molar-refractivity contribution in [2.75, 3.05) is 0 Å². The van der Waals surface area contributed by atoms with E-state index in [-0.39, 0.29) is 23.3 Å². The lowest BCUT2D eigenvalue weighted by Gasteiger charge is -2.34. The monoisotopic (exact) mass is 253 g/mol. The van der Waals surface area contributed by atoms with Crippen LogP contribution in [0.25, 0.3) is 0 Å². The number of alkyl carbamates (subject to hydrolysis) is 1. The third-order valence-corrected chi connectivity index (χ3v) is 2.90. The molecular weight excluding hydrogens is 230 g/mol. The van der Waals surface area contributed by atoms with E-state index in [4.69, 9.17) is 4.74 Å². The zero-order valence-electron chi connectivity index (χ0n) is 11.5. The predicted octanol–water partition coefficient (Wildman–Crippen LogP) is 2.83. The number of hydrogen-bond acceptors (Lipinski definition) is 3. The van der Waals surface area contributed by atoms with E-state index in [1.54, 1.807) is 6.08 Å². The molecule has 1 rings (SSSR count). The lowest BCUT2D eigenvalue weighted by atomic mass is 9.78. The molecule has 0 aromatic rings. The maximum absolute atomic E-state index is 11.6. The number of ether oxygens (including phenoxy) is 1. The molecule has 1 saturated carbocycles. The number of carbonyl (C=O) groups is 2. The van der Waals surface area contributed by atoms with Crippen LogP contribution in [0.2, 0.25) is 0 Å². The standard InChI is InChI=1S/C14H23NO3/c1-5-6-7-12(16)10-8-11(9-10)18-13(17)15-14(2,3)4/h5,10-11H,1,6-9H2,2-4H3,(H,15,17). The van der Waals surface area contributed by atoms with Gasteiger partial charge in [0.15, 0.2) is 0 Å². The number of rotatable bonds is 5. The summed E-state index contributed by atoms with van der Waals surface area (Å²) in [5, 5.41) is 2.74. The van der Waals surface area contributed by atoms with Gasteiger partial charge in [0.1, 0.15) is 11.9 Å². The van der Waals surface area contributed by atoms with Crippen LogP contribution >= 0.6 is 0 Å². The Morgan fingerprint density at radius 2 is 2.00 bits per heavy atom. The number of carbonyl (C=O) groups excluding carboxylic acids is 2. The highest BCUT2D eigenvalue weighted by Crippen LogP contribution is 2.32. The normalized spacial score (nSPS) is 22.8. The summed E-state index contributed by atoms with van der Waals surface area (Å²) >= 11 is 0. The van der Waals surface area contributed by atoms with Crippen LogP contribution in [0.5, 0.6) is 0 Å². The van der Waals surface area contributed by atoms with Crippen molar-refractivity contribution < 1.29 is 14.3 Å². The van der Waals surface area contributed by atoms with Crippen LogP contribution in [0.3, 0.4) is 0 Å². The molecule has 18 heavy (non-hydrogen) atoms. The van der Waals surface area contributed by atoms with Crippen molar-refractivity contribution in [1.82, 2.24) is 5.32 Å². The lowest BCUT2D eigenvalue weighted by molar-refractivity contribution is -0.129. The molecule has 0 atom stereocenters. The third-order valence-electron chi connectivity index (χ3n) is 2.90. The minimum absolute atomic E-state index is 0.0670. The first-order valence-corrected chi connectivity index (χ1v) is 6.44. The minimum atomic E-state index is -0.399. The largest absolute Gasteiger partial charge is 0.446 e. The lowest BCUT2D eigenvalue weighted by Crippen LogP contribution is -2.45. The fraction of sp³-hybridized carbons (Fsp3) is 0.714. The first kappa shape index (κ1) is 14.7. The molecule has 1 fully saturated rings. The van der Waals surface area contributed by atoms with Gasteiger partial charge in [0.25, 0.3) is 0 Å². The number of amides is 1. The Kier molecular flexibility index (Phi) is 4.93. The summed E-state index contributed by atoms with van der Waals surface area (Å²) in [5.74, 6) is 0.323. The van der Waals surface area contributed by atoms with Gasteiger partial charge >= 0.3 is 6.09 Å². The van der Waals surface area contributed by atoms with E-state index in [2.05, 4.69) is 11.9 Å². The van der Waals surface area contributed by atoms with Gasteiger partial charge in [-0.1, -0.05) is 6.08 Å². The summed E-state index contributed by atoms with van der Waals surface area (Å²) in [4.78, 5) is 23.1. The highest BCUT2D eigenvalue weighted by atomic mass is 16.6. The molecule has 0 heterocycles. The summed E-state index contributed by atoms with van der Waals surface area (Å²) in [7, 11) is 0. The Morgan fingerprint density at radius 3 is 2.50 bits per heavy atom. The summed E-state index contributed by atoms with van der Waals surface area (Å²) < 4.78 is 5.22. The highest BCUT2D eigenvalue weighted by Gasteiger charge is 2.36. The summed E-state index contributed by atoms with van der Waals surface area (Å²) in [6, 6.07) is 0. The van der Waals surface area contributed by atoms with Gasteiger partial charge in [-0.3, -0.25) is 4.79 Å². The zero-order valence-corrected chi connectivity index (χ0v) is 11.5. The first-order chi connectivity index (χ1) is 8.31.